The summed E-state index contributed by atoms with van der Waals surface area (Å²) < 4.78 is 64.3. The fourth-order valence-electron chi connectivity index (χ4n) is 3.59. The number of ether oxygens (including phenoxy) is 2. The van der Waals surface area contributed by atoms with Crippen molar-refractivity contribution in [1.82, 2.24) is 0 Å². The van der Waals surface area contributed by atoms with Gasteiger partial charge < -0.3 is 9.47 Å². The van der Waals surface area contributed by atoms with Crippen molar-refractivity contribution in [2.45, 2.75) is 49.9 Å². The smallest absolute Gasteiger partial charge is 0.456 e. The molecule has 0 aromatic rings. The zero-order valence-electron chi connectivity index (χ0n) is 12.5. The van der Waals surface area contributed by atoms with E-state index in [0.717, 1.165) is 19.3 Å². The van der Waals surface area contributed by atoms with Crippen molar-refractivity contribution < 1.29 is 40.8 Å². The number of hydrogen-bond acceptors (Lipinski definition) is 6. The van der Waals surface area contributed by atoms with Gasteiger partial charge in [0.05, 0.1) is 0 Å². The molecule has 0 radical (unpaired) electrons. The van der Waals surface area contributed by atoms with Gasteiger partial charge in [0.25, 0.3) is 0 Å². The fourth-order valence-corrected chi connectivity index (χ4v) is 3.86. The Balaban J connectivity index is 1.92. The normalized spacial score (nSPS) is 30.3. The van der Waals surface area contributed by atoms with Gasteiger partial charge in [0.2, 0.25) is 0 Å². The molecule has 2 bridgehead atoms. The predicted molar refractivity (Wildman–Crippen MR) is 72.0 cm³/mol. The molecule has 0 aromatic heterocycles. The lowest BCUT2D eigenvalue weighted by Crippen LogP contribution is -2.42. The minimum atomic E-state index is -5.96. The number of rotatable bonds is 6. The van der Waals surface area contributed by atoms with Crippen LogP contribution in [0, 0.1) is 11.8 Å². The second kappa shape index (κ2) is 5.97. The van der Waals surface area contributed by atoms with Gasteiger partial charge in [-0.2, -0.15) is 17.2 Å². The molecule has 7 nitrogen and oxygen atoms in total. The van der Waals surface area contributed by atoms with Crippen LogP contribution >= 0.6 is 0 Å². The number of esters is 2. The molecule has 2 aliphatic rings. The van der Waals surface area contributed by atoms with E-state index in [9.17, 15) is 26.8 Å². The molecule has 0 spiro atoms. The highest BCUT2D eigenvalue weighted by Crippen LogP contribution is 2.54. The van der Waals surface area contributed by atoms with E-state index >= 15 is 0 Å². The maximum Gasteiger partial charge on any atom is 0.465 e. The average molecular weight is 356 g/mol. The fraction of sp³-hybridized carbons (Fsp3) is 0.846. The lowest BCUT2D eigenvalue weighted by atomic mass is 9.82. The van der Waals surface area contributed by atoms with Gasteiger partial charge in [-0.05, 0) is 43.9 Å². The minimum Gasteiger partial charge on any atom is -0.456 e. The minimum absolute atomic E-state index is 0.205. The molecule has 0 aromatic carbocycles. The van der Waals surface area contributed by atoms with E-state index in [1.165, 1.54) is 0 Å². The zero-order chi connectivity index (χ0) is 17.5. The third-order valence-corrected chi connectivity index (χ3v) is 5.53. The molecule has 23 heavy (non-hydrogen) atoms. The summed E-state index contributed by atoms with van der Waals surface area (Å²) in [6.45, 7) is 0.718. The standard InChI is InChI=1S/C13H18F2O7S/c1-2-12(6-8-3-4-9(12)5-8)22-10(16)7-21-11(17)13(14,15)23(18,19)20/h8-9H,2-7H2,1H3,(H,18,19,20). The summed E-state index contributed by atoms with van der Waals surface area (Å²) in [5.41, 5.74) is -0.669. The number of fused-ring (bicyclic) bond motifs is 2. The van der Waals surface area contributed by atoms with Gasteiger partial charge in [-0.1, -0.05) is 6.92 Å². The van der Waals surface area contributed by atoms with E-state index in [1.807, 2.05) is 6.92 Å². The lowest BCUT2D eigenvalue weighted by molar-refractivity contribution is -0.180. The Labute approximate surface area is 132 Å². The topological polar surface area (TPSA) is 107 Å². The van der Waals surface area contributed by atoms with Crippen molar-refractivity contribution in [2.24, 2.45) is 11.8 Å². The SMILES string of the molecule is CCC1(OC(=O)COC(=O)C(F)(F)S(=O)(=O)O)CC2CCC1C2. The van der Waals surface area contributed by atoms with Crippen LogP contribution in [0.4, 0.5) is 8.78 Å². The molecule has 2 fully saturated rings. The first-order chi connectivity index (χ1) is 10.5. The van der Waals surface area contributed by atoms with Crippen LogP contribution in [0.25, 0.3) is 0 Å². The number of halogens is 2. The van der Waals surface area contributed by atoms with Crippen LogP contribution in [-0.4, -0.2) is 42.4 Å². The second-order valence-electron chi connectivity index (χ2n) is 6.04. The molecular weight excluding hydrogens is 338 g/mol. The quantitative estimate of drug-likeness (QED) is 0.568. The molecule has 0 saturated heterocycles. The molecular formula is C13H18F2O7S. The maximum atomic E-state index is 13.0. The summed E-state index contributed by atoms with van der Waals surface area (Å²) in [7, 11) is -5.96. The summed E-state index contributed by atoms with van der Waals surface area (Å²) in [6, 6.07) is 0. The number of hydrogen-bond donors (Lipinski definition) is 1. The molecule has 0 amide bonds. The first-order valence-electron chi connectivity index (χ1n) is 7.25. The maximum absolute atomic E-state index is 13.0. The second-order valence-corrected chi connectivity index (χ2v) is 7.50. The Kier molecular flexibility index (Phi) is 4.69. The van der Waals surface area contributed by atoms with Gasteiger partial charge >= 0.3 is 27.3 Å². The molecule has 3 unspecified atom stereocenters. The Bertz CT molecular complexity index is 603. The Morgan fingerprint density at radius 2 is 2.00 bits per heavy atom. The summed E-state index contributed by atoms with van der Waals surface area (Å²) >= 11 is 0. The third-order valence-electron chi connectivity index (χ3n) is 4.72. The van der Waals surface area contributed by atoms with Crippen LogP contribution in [0.3, 0.4) is 0 Å². The summed E-state index contributed by atoms with van der Waals surface area (Å²) in [4.78, 5) is 22.8. The molecule has 132 valence electrons. The molecule has 10 heteroatoms. The number of carbonyl (C=O) groups is 2. The van der Waals surface area contributed by atoms with Gasteiger partial charge in [0.15, 0.2) is 6.61 Å². The van der Waals surface area contributed by atoms with Crippen LogP contribution in [0.2, 0.25) is 0 Å². The van der Waals surface area contributed by atoms with Crippen molar-refractivity contribution in [2.75, 3.05) is 6.61 Å². The van der Waals surface area contributed by atoms with E-state index in [0.29, 0.717) is 18.8 Å². The number of alkyl halides is 2. The van der Waals surface area contributed by atoms with Gasteiger partial charge in [-0.3, -0.25) is 4.55 Å². The van der Waals surface area contributed by atoms with E-state index in [4.69, 9.17) is 9.29 Å². The van der Waals surface area contributed by atoms with Crippen LogP contribution in [0.5, 0.6) is 0 Å². The average Bonchev–Trinajstić information content (AvgIpc) is 3.04. The highest BCUT2D eigenvalue weighted by molar-refractivity contribution is 7.87. The zero-order valence-corrected chi connectivity index (χ0v) is 13.3. The monoisotopic (exact) mass is 356 g/mol. The summed E-state index contributed by atoms with van der Waals surface area (Å²) in [6.07, 6.45) is 4.19. The van der Waals surface area contributed by atoms with Gasteiger partial charge in [-0.25, -0.2) is 9.59 Å². The van der Waals surface area contributed by atoms with Crippen molar-refractivity contribution in [3.8, 4) is 0 Å². The van der Waals surface area contributed by atoms with Crippen molar-refractivity contribution in [1.29, 1.82) is 0 Å². The van der Waals surface area contributed by atoms with E-state index in [2.05, 4.69) is 4.74 Å². The molecule has 0 aliphatic heterocycles. The van der Waals surface area contributed by atoms with Gasteiger partial charge in [0.1, 0.15) is 5.60 Å². The Morgan fingerprint density at radius 1 is 1.35 bits per heavy atom. The van der Waals surface area contributed by atoms with Crippen LogP contribution in [0.15, 0.2) is 0 Å². The number of carbonyl (C=O) groups excluding carboxylic acids is 2. The van der Waals surface area contributed by atoms with Crippen molar-refractivity contribution in [3.05, 3.63) is 0 Å². The van der Waals surface area contributed by atoms with Gasteiger partial charge in [0, 0.05) is 0 Å². The molecule has 0 heterocycles. The Hall–Kier alpha value is -1.29. The predicted octanol–water partition coefficient (Wildman–Crippen LogP) is 1.52. The van der Waals surface area contributed by atoms with E-state index < -0.39 is 39.5 Å². The largest absolute Gasteiger partial charge is 0.465 e. The lowest BCUT2D eigenvalue weighted by Gasteiger charge is -2.36. The first-order valence-corrected chi connectivity index (χ1v) is 8.70. The van der Waals surface area contributed by atoms with Crippen LogP contribution in [0.1, 0.15) is 39.0 Å². The van der Waals surface area contributed by atoms with E-state index in [-0.39, 0.29) is 5.92 Å². The highest BCUT2D eigenvalue weighted by Gasteiger charge is 2.55. The third kappa shape index (κ3) is 3.32. The molecule has 1 N–H and O–H groups in total. The Morgan fingerprint density at radius 3 is 2.43 bits per heavy atom. The van der Waals surface area contributed by atoms with Crippen molar-refractivity contribution >= 4 is 22.1 Å². The molecule has 2 aliphatic carbocycles. The summed E-state index contributed by atoms with van der Waals surface area (Å²) in [5.74, 6) is -2.86. The van der Waals surface area contributed by atoms with Crippen LogP contribution < -0.4 is 0 Å². The molecule has 3 atom stereocenters. The molecule has 2 saturated carbocycles. The molecule has 2 rings (SSSR count). The summed E-state index contributed by atoms with van der Waals surface area (Å²) in [5, 5.41) is -5.12. The van der Waals surface area contributed by atoms with Gasteiger partial charge in [-0.15, -0.1) is 0 Å². The van der Waals surface area contributed by atoms with Crippen molar-refractivity contribution in [3.63, 3.8) is 0 Å². The first kappa shape index (κ1) is 18.1. The van der Waals surface area contributed by atoms with Crippen LogP contribution in [-0.2, 0) is 29.2 Å². The highest BCUT2D eigenvalue weighted by atomic mass is 32.2. The van der Waals surface area contributed by atoms with E-state index in [1.54, 1.807) is 0 Å².